The van der Waals surface area contributed by atoms with Crippen molar-refractivity contribution in [2.45, 2.75) is 44.5 Å². The molecule has 0 amide bonds. The Labute approximate surface area is 122 Å². The van der Waals surface area contributed by atoms with Crippen LogP contribution < -0.4 is 11.1 Å². The maximum atomic E-state index is 11.6. The average molecular weight is 381 g/mol. The van der Waals surface area contributed by atoms with E-state index in [2.05, 4.69) is 15.0 Å². The Morgan fingerprint density at radius 2 is 1.89 bits per heavy atom. The molecule has 1 rings (SSSR count). The Bertz CT molecular complexity index is 255. The molecule has 4 nitrogen and oxygen atoms in total. The van der Waals surface area contributed by atoms with Gasteiger partial charge in [0.1, 0.15) is 0 Å². The lowest BCUT2D eigenvalue weighted by molar-refractivity contribution is -0.323. The SMILES string of the molecule is I.NC(=NCCOC(F)(F)F)NC1CCCCC1. The number of hydrogen-bond donors (Lipinski definition) is 2. The van der Waals surface area contributed by atoms with Gasteiger partial charge in [0.25, 0.3) is 0 Å². The van der Waals surface area contributed by atoms with E-state index >= 15 is 0 Å². The molecule has 0 atom stereocenters. The molecule has 0 saturated heterocycles. The molecule has 0 aromatic carbocycles. The van der Waals surface area contributed by atoms with Crippen molar-refractivity contribution in [3.8, 4) is 0 Å². The fourth-order valence-corrected chi connectivity index (χ4v) is 1.83. The minimum atomic E-state index is -4.60. The van der Waals surface area contributed by atoms with Gasteiger partial charge in [-0.25, -0.2) is 0 Å². The topological polar surface area (TPSA) is 59.6 Å². The van der Waals surface area contributed by atoms with E-state index in [1.165, 1.54) is 6.42 Å². The summed E-state index contributed by atoms with van der Waals surface area (Å²) in [7, 11) is 0. The number of nitrogens with zero attached hydrogens (tertiary/aromatic N) is 1. The molecule has 1 aliphatic rings. The van der Waals surface area contributed by atoms with Gasteiger partial charge < -0.3 is 11.1 Å². The molecule has 0 heterocycles. The maximum absolute atomic E-state index is 11.6. The number of hydrogen-bond acceptors (Lipinski definition) is 2. The van der Waals surface area contributed by atoms with Crippen molar-refractivity contribution in [3.63, 3.8) is 0 Å². The molecule has 18 heavy (non-hydrogen) atoms. The third-order valence-corrected chi connectivity index (χ3v) is 2.60. The Morgan fingerprint density at radius 1 is 1.28 bits per heavy atom. The van der Waals surface area contributed by atoms with Gasteiger partial charge in [-0.2, -0.15) is 0 Å². The zero-order valence-electron chi connectivity index (χ0n) is 10.0. The summed E-state index contributed by atoms with van der Waals surface area (Å²) in [4.78, 5) is 3.78. The first-order valence-electron chi connectivity index (χ1n) is 5.74. The standard InChI is InChI=1S/C10H18F3N3O.HI/c11-10(12,13)17-7-6-15-9(14)16-8-4-2-1-3-5-8;/h8H,1-7H2,(H3,14,15,16);1H. The molecule has 0 aromatic rings. The van der Waals surface area contributed by atoms with Crippen molar-refractivity contribution in [2.75, 3.05) is 13.2 Å². The van der Waals surface area contributed by atoms with Gasteiger partial charge in [-0.05, 0) is 12.8 Å². The number of guanidine groups is 1. The van der Waals surface area contributed by atoms with Gasteiger partial charge in [0.05, 0.1) is 13.2 Å². The summed E-state index contributed by atoms with van der Waals surface area (Å²) in [5.74, 6) is 0.197. The summed E-state index contributed by atoms with van der Waals surface area (Å²) in [6.07, 6.45) is 1.02. The van der Waals surface area contributed by atoms with E-state index in [0.29, 0.717) is 6.04 Å². The highest BCUT2D eigenvalue weighted by atomic mass is 127. The summed E-state index contributed by atoms with van der Waals surface area (Å²) >= 11 is 0. The summed E-state index contributed by atoms with van der Waals surface area (Å²) in [6, 6.07) is 0.302. The quantitative estimate of drug-likeness (QED) is 0.340. The lowest BCUT2D eigenvalue weighted by Crippen LogP contribution is -2.41. The molecule has 8 heteroatoms. The van der Waals surface area contributed by atoms with E-state index in [1.807, 2.05) is 0 Å². The Balaban J connectivity index is 0.00000289. The molecule has 0 spiro atoms. The summed E-state index contributed by atoms with van der Waals surface area (Å²) in [6.45, 7) is -0.596. The second-order valence-electron chi connectivity index (χ2n) is 4.04. The lowest BCUT2D eigenvalue weighted by Gasteiger charge is -2.23. The molecule has 0 bridgehead atoms. The normalized spacial score (nSPS) is 18.3. The van der Waals surface area contributed by atoms with E-state index in [0.717, 1.165) is 25.7 Å². The van der Waals surface area contributed by atoms with Crippen LogP contribution in [0.4, 0.5) is 13.2 Å². The number of ether oxygens (including phenoxy) is 1. The fourth-order valence-electron chi connectivity index (χ4n) is 1.83. The highest BCUT2D eigenvalue weighted by Gasteiger charge is 2.28. The van der Waals surface area contributed by atoms with Crippen molar-refractivity contribution >= 4 is 29.9 Å². The van der Waals surface area contributed by atoms with Crippen LogP contribution in [0.15, 0.2) is 4.99 Å². The number of nitrogens with two attached hydrogens (primary N) is 1. The molecular formula is C10H19F3IN3O. The van der Waals surface area contributed by atoms with Crippen LogP contribution in [0, 0.1) is 0 Å². The molecule has 0 unspecified atom stereocenters. The van der Waals surface area contributed by atoms with Crippen LogP contribution in [0.1, 0.15) is 32.1 Å². The zero-order valence-corrected chi connectivity index (χ0v) is 12.3. The van der Waals surface area contributed by atoms with Crippen molar-refractivity contribution in [1.29, 1.82) is 0 Å². The zero-order chi connectivity index (χ0) is 12.7. The third kappa shape index (κ3) is 8.78. The fraction of sp³-hybridized carbons (Fsp3) is 0.900. The van der Waals surface area contributed by atoms with Crippen molar-refractivity contribution in [2.24, 2.45) is 10.7 Å². The molecule has 1 saturated carbocycles. The van der Waals surface area contributed by atoms with Crippen LogP contribution in [0.5, 0.6) is 0 Å². The summed E-state index contributed by atoms with van der Waals surface area (Å²) < 4.78 is 38.5. The monoisotopic (exact) mass is 381 g/mol. The predicted molar refractivity (Wildman–Crippen MR) is 73.9 cm³/mol. The van der Waals surface area contributed by atoms with Crippen molar-refractivity contribution < 1.29 is 17.9 Å². The number of aliphatic imine (C=N–C) groups is 1. The van der Waals surface area contributed by atoms with Gasteiger partial charge in [-0.15, -0.1) is 37.1 Å². The molecule has 1 fully saturated rings. The Kier molecular flexibility index (Phi) is 8.66. The second-order valence-corrected chi connectivity index (χ2v) is 4.04. The van der Waals surface area contributed by atoms with E-state index in [-0.39, 0.29) is 36.5 Å². The molecule has 0 aromatic heterocycles. The van der Waals surface area contributed by atoms with Gasteiger partial charge in [0.2, 0.25) is 0 Å². The van der Waals surface area contributed by atoms with Gasteiger partial charge in [-0.3, -0.25) is 9.73 Å². The van der Waals surface area contributed by atoms with E-state index in [1.54, 1.807) is 0 Å². The predicted octanol–water partition coefficient (Wildman–Crippen LogP) is 2.38. The number of halogens is 4. The van der Waals surface area contributed by atoms with Crippen LogP contribution >= 0.6 is 24.0 Å². The molecule has 0 radical (unpaired) electrons. The van der Waals surface area contributed by atoms with Gasteiger partial charge in [0, 0.05) is 6.04 Å². The number of nitrogens with one attached hydrogen (secondary N) is 1. The molecule has 0 aliphatic heterocycles. The van der Waals surface area contributed by atoms with Crippen LogP contribution in [0.2, 0.25) is 0 Å². The van der Waals surface area contributed by atoms with Crippen LogP contribution in [-0.4, -0.2) is 31.5 Å². The number of rotatable bonds is 4. The van der Waals surface area contributed by atoms with E-state index in [9.17, 15) is 13.2 Å². The highest BCUT2D eigenvalue weighted by Crippen LogP contribution is 2.17. The summed E-state index contributed by atoms with van der Waals surface area (Å²) in [5, 5.41) is 3.01. The Hall–Kier alpha value is -0.250. The molecule has 108 valence electrons. The first-order valence-corrected chi connectivity index (χ1v) is 5.74. The minimum Gasteiger partial charge on any atom is -0.370 e. The smallest absolute Gasteiger partial charge is 0.370 e. The van der Waals surface area contributed by atoms with Crippen LogP contribution in [0.3, 0.4) is 0 Å². The number of alkyl halides is 3. The van der Waals surface area contributed by atoms with Gasteiger partial charge in [0.15, 0.2) is 5.96 Å². The van der Waals surface area contributed by atoms with Crippen LogP contribution in [0.25, 0.3) is 0 Å². The maximum Gasteiger partial charge on any atom is 0.522 e. The van der Waals surface area contributed by atoms with Gasteiger partial charge in [-0.1, -0.05) is 19.3 Å². The van der Waals surface area contributed by atoms with E-state index < -0.39 is 13.0 Å². The lowest BCUT2D eigenvalue weighted by atomic mass is 9.96. The Morgan fingerprint density at radius 3 is 2.44 bits per heavy atom. The first kappa shape index (κ1) is 17.8. The van der Waals surface area contributed by atoms with Crippen molar-refractivity contribution in [1.82, 2.24) is 5.32 Å². The van der Waals surface area contributed by atoms with Gasteiger partial charge >= 0.3 is 6.36 Å². The van der Waals surface area contributed by atoms with Crippen LogP contribution in [-0.2, 0) is 4.74 Å². The first-order chi connectivity index (χ1) is 7.97. The van der Waals surface area contributed by atoms with E-state index in [4.69, 9.17) is 5.73 Å². The van der Waals surface area contributed by atoms with Crippen molar-refractivity contribution in [3.05, 3.63) is 0 Å². The highest BCUT2D eigenvalue weighted by molar-refractivity contribution is 14.0. The molecule has 1 aliphatic carbocycles. The third-order valence-electron chi connectivity index (χ3n) is 2.60. The second kappa shape index (κ2) is 8.78. The summed E-state index contributed by atoms with van der Waals surface area (Å²) in [5.41, 5.74) is 5.56. The molecule has 3 N–H and O–H groups in total. The molecular weight excluding hydrogens is 362 g/mol. The average Bonchev–Trinajstić information content (AvgIpc) is 2.25. The largest absolute Gasteiger partial charge is 0.522 e. The minimum absolute atomic E-state index is 0.